The molecule has 1 heterocycles. The smallest absolute Gasteiger partial charge is 0.232 e. The lowest BCUT2D eigenvalue weighted by Gasteiger charge is -2.39. The van der Waals surface area contributed by atoms with Crippen LogP contribution >= 0.6 is 27.5 Å². The fourth-order valence-electron chi connectivity index (χ4n) is 4.16. The minimum atomic E-state index is -0.566. The first-order valence-electron chi connectivity index (χ1n) is 9.17. The molecule has 2 aromatic carbocycles. The van der Waals surface area contributed by atoms with Crippen LogP contribution in [0.25, 0.3) is 0 Å². The van der Waals surface area contributed by atoms with Crippen LogP contribution in [-0.4, -0.2) is 11.7 Å². The molecule has 0 saturated heterocycles. The zero-order valence-electron chi connectivity index (χ0n) is 15.3. The summed E-state index contributed by atoms with van der Waals surface area (Å²) in [6, 6.07) is 10.1. The van der Waals surface area contributed by atoms with Crippen molar-refractivity contribution in [3.05, 3.63) is 74.1 Å². The van der Waals surface area contributed by atoms with Crippen LogP contribution in [0.2, 0.25) is 5.02 Å². The number of benzene rings is 2. The average Bonchev–Trinajstić information content (AvgIpc) is 2.66. The van der Waals surface area contributed by atoms with Gasteiger partial charge in [0.2, 0.25) is 5.91 Å². The van der Waals surface area contributed by atoms with Crippen molar-refractivity contribution in [2.75, 3.05) is 4.90 Å². The lowest BCUT2D eigenvalue weighted by atomic mass is 9.77. The van der Waals surface area contributed by atoms with E-state index in [9.17, 15) is 14.0 Å². The van der Waals surface area contributed by atoms with Crippen LogP contribution in [-0.2, 0) is 9.59 Å². The Hall–Kier alpha value is -1.98. The van der Waals surface area contributed by atoms with Gasteiger partial charge in [0.1, 0.15) is 5.82 Å². The van der Waals surface area contributed by atoms with Crippen LogP contribution in [0.1, 0.15) is 42.7 Å². The van der Waals surface area contributed by atoms with Crippen molar-refractivity contribution < 1.29 is 14.0 Å². The molecule has 0 aromatic heterocycles. The number of Topliss-reactive ketones (excluding diaryl/α,β-unsaturated/α-hetero) is 1. The molecule has 0 fully saturated rings. The highest BCUT2D eigenvalue weighted by atomic mass is 79.9. The van der Waals surface area contributed by atoms with Gasteiger partial charge in [0.25, 0.3) is 0 Å². The normalized spacial score (nSPS) is 19.9. The molecule has 0 bridgehead atoms. The molecule has 6 heteroatoms. The van der Waals surface area contributed by atoms with E-state index in [1.54, 1.807) is 29.2 Å². The van der Waals surface area contributed by atoms with Gasteiger partial charge in [0.15, 0.2) is 5.78 Å². The van der Waals surface area contributed by atoms with Gasteiger partial charge in [-0.25, -0.2) is 4.39 Å². The summed E-state index contributed by atoms with van der Waals surface area (Å²) in [5.74, 6) is -1.13. The van der Waals surface area contributed by atoms with E-state index in [0.29, 0.717) is 46.8 Å². The van der Waals surface area contributed by atoms with E-state index in [1.807, 2.05) is 13.0 Å². The number of carbonyl (C=O) groups excluding carboxylic acids is 2. The van der Waals surface area contributed by atoms with Gasteiger partial charge in [-0.1, -0.05) is 33.6 Å². The molecule has 1 aliphatic heterocycles. The summed E-state index contributed by atoms with van der Waals surface area (Å²) in [6.45, 7) is 1.86. The Bertz CT molecular complexity index is 1030. The van der Waals surface area contributed by atoms with Crippen molar-refractivity contribution >= 4 is 44.9 Å². The van der Waals surface area contributed by atoms with E-state index < -0.39 is 11.7 Å². The van der Waals surface area contributed by atoms with E-state index in [-0.39, 0.29) is 18.1 Å². The molecule has 1 unspecified atom stereocenters. The lowest BCUT2D eigenvalue weighted by Crippen LogP contribution is -2.41. The monoisotopic (exact) mass is 461 g/mol. The van der Waals surface area contributed by atoms with E-state index in [2.05, 4.69) is 15.9 Å². The van der Waals surface area contributed by atoms with Gasteiger partial charge in [0.05, 0.1) is 5.69 Å². The summed E-state index contributed by atoms with van der Waals surface area (Å²) in [7, 11) is 0. The first-order chi connectivity index (χ1) is 13.4. The van der Waals surface area contributed by atoms with Crippen LogP contribution in [0.3, 0.4) is 0 Å². The number of halogens is 3. The van der Waals surface area contributed by atoms with Gasteiger partial charge in [-0.3, -0.25) is 14.5 Å². The molecule has 0 N–H and O–H groups in total. The van der Waals surface area contributed by atoms with Gasteiger partial charge in [-0.15, -0.1) is 0 Å². The molecular weight excluding hydrogens is 445 g/mol. The number of ketones is 1. The van der Waals surface area contributed by atoms with Crippen molar-refractivity contribution in [2.45, 2.75) is 38.5 Å². The highest BCUT2D eigenvalue weighted by Crippen LogP contribution is 2.45. The van der Waals surface area contributed by atoms with Crippen LogP contribution in [0.5, 0.6) is 0 Å². The van der Waals surface area contributed by atoms with Gasteiger partial charge in [-0.2, -0.15) is 0 Å². The molecule has 0 radical (unpaired) electrons. The molecule has 0 spiro atoms. The second-order valence-corrected chi connectivity index (χ2v) is 8.50. The van der Waals surface area contributed by atoms with Gasteiger partial charge in [0, 0.05) is 39.5 Å². The summed E-state index contributed by atoms with van der Waals surface area (Å²) in [5, 5.41) is 0.565. The van der Waals surface area contributed by atoms with Crippen molar-refractivity contribution in [1.29, 1.82) is 0 Å². The summed E-state index contributed by atoms with van der Waals surface area (Å²) < 4.78 is 15.3. The standard InChI is InChI=1S/C22H18BrClFNO2/c1-12-16(24)4-2-5-18(12)26-19-6-3-7-20(27)22(19)15(11-21(26)28)14-10-13(23)8-9-17(14)25/h2,4-5,8-10,15H,3,6-7,11H2,1H3. The third-order valence-electron chi connectivity index (χ3n) is 5.49. The SMILES string of the molecule is Cc1c(Cl)cccc1N1C(=O)CC(c2cc(Br)ccc2F)C2=C1CCCC2=O. The fraction of sp³-hybridized carbons (Fsp3) is 0.273. The number of hydrogen-bond acceptors (Lipinski definition) is 2. The van der Waals surface area contributed by atoms with Crippen LogP contribution in [0.4, 0.5) is 10.1 Å². The Morgan fingerprint density at radius 2 is 1.96 bits per heavy atom. The Balaban J connectivity index is 1.92. The highest BCUT2D eigenvalue weighted by molar-refractivity contribution is 9.10. The quantitative estimate of drug-likeness (QED) is 0.542. The van der Waals surface area contributed by atoms with E-state index >= 15 is 0 Å². The van der Waals surface area contributed by atoms with E-state index in [0.717, 1.165) is 10.0 Å². The van der Waals surface area contributed by atoms with Crippen molar-refractivity contribution in [3.63, 3.8) is 0 Å². The Kier molecular flexibility index (Phi) is 5.15. The Morgan fingerprint density at radius 1 is 1.18 bits per heavy atom. The molecule has 2 aliphatic rings. The third-order valence-corrected chi connectivity index (χ3v) is 6.39. The van der Waals surface area contributed by atoms with Gasteiger partial charge < -0.3 is 0 Å². The zero-order chi connectivity index (χ0) is 20.0. The summed E-state index contributed by atoms with van der Waals surface area (Å²) in [6.07, 6.45) is 1.74. The average molecular weight is 463 g/mol. The molecule has 28 heavy (non-hydrogen) atoms. The molecular formula is C22H18BrClFNO2. The number of hydrogen-bond donors (Lipinski definition) is 0. The first kappa shape index (κ1) is 19.3. The number of rotatable bonds is 2. The maximum absolute atomic E-state index is 14.6. The zero-order valence-corrected chi connectivity index (χ0v) is 17.6. The maximum atomic E-state index is 14.6. The predicted molar refractivity (Wildman–Crippen MR) is 111 cm³/mol. The summed E-state index contributed by atoms with van der Waals surface area (Å²) in [4.78, 5) is 27.7. The number of allylic oxidation sites excluding steroid dienone is 2. The minimum absolute atomic E-state index is 0.0113. The second kappa shape index (κ2) is 7.45. The molecule has 1 aliphatic carbocycles. The molecule has 3 nitrogen and oxygen atoms in total. The summed E-state index contributed by atoms with van der Waals surface area (Å²) >= 11 is 9.64. The minimum Gasteiger partial charge on any atom is -0.294 e. The van der Waals surface area contributed by atoms with Crippen LogP contribution < -0.4 is 4.90 Å². The third kappa shape index (κ3) is 3.20. The number of carbonyl (C=O) groups is 2. The van der Waals surface area contributed by atoms with Crippen molar-refractivity contribution in [1.82, 2.24) is 0 Å². The molecule has 2 aromatic rings. The highest BCUT2D eigenvalue weighted by Gasteiger charge is 2.41. The largest absolute Gasteiger partial charge is 0.294 e. The van der Waals surface area contributed by atoms with E-state index in [4.69, 9.17) is 11.6 Å². The van der Waals surface area contributed by atoms with Gasteiger partial charge in [-0.05, 0) is 61.2 Å². The van der Waals surface area contributed by atoms with Gasteiger partial charge >= 0.3 is 0 Å². The second-order valence-electron chi connectivity index (χ2n) is 7.17. The Labute approximate surface area is 176 Å². The molecule has 144 valence electrons. The van der Waals surface area contributed by atoms with Crippen LogP contribution in [0, 0.1) is 12.7 Å². The maximum Gasteiger partial charge on any atom is 0.232 e. The first-order valence-corrected chi connectivity index (χ1v) is 10.3. The van der Waals surface area contributed by atoms with E-state index in [1.165, 1.54) is 6.07 Å². The number of anilines is 1. The van der Waals surface area contributed by atoms with Crippen molar-refractivity contribution in [3.8, 4) is 0 Å². The van der Waals surface area contributed by atoms with Crippen LogP contribution in [0.15, 0.2) is 52.1 Å². The van der Waals surface area contributed by atoms with Crippen molar-refractivity contribution in [2.24, 2.45) is 0 Å². The number of amides is 1. The lowest BCUT2D eigenvalue weighted by molar-refractivity contribution is -0.119. The number of nitrogens with zero attached hydrogens (tertiary/aromatic N) is 1. The Morgan fingerprint density at radius 3 is 2.75 bits per heavy atom. The molecule has 1 atom stereocenters. The summed E-state index contributed by atoms with van der Waals surface area (Å²) in [5.41, 5.74) is 3.10. The predicted octanol–water partition coefficient (Wildman–Crippen LogP) is 6.08. The molecule has 0 saturated carbocycles. The topological polar surface area (TPSA) is 37.4 Å². The molecule has 1 amide bonds. The molecule has 4 rings (SSSR count). The fourth-order valence-corrected chi connectivity index (χ4v) is 4.71.